The van der Waals surface area contributed by atoms with Gasteiger partial charge in [-0.15, -0.1) is 0 Å². The van der Waals surface area contributed by atoms with E-state index in [1.54, 1.807) is 17.0 Å². The number of morpholine rings is 1. The van der Waals surface area contributed by atoms with Crippen LogP contribution in [0.25, 0.3) is 0 Å². The standard InChI is InChI=1S/C16H22N4O3/c21-15(17-5-7-19-9-11-23-12-10-19)13-1-3-14(4-2-13)20-8-6-18-16(20)22/h1-4H,5-12H2,(H,17,21)(H,18,22). The summed E-state index contributed by atoms with van der Waals surface area (Å²) in [4.78, 5) is 27.7. The Hall–Kier alpha value is -2.12. The number of carbonyl (C=O) groups excluding carboxylic acids is 2. The fourth-order valence-electron chi connectivity index (χ4n) is 2.77. The smallest absolute Gasteiger partial charge is 0.321 e. The molecule has 0 saturated carbocycles. The first kappa shape index (κ1) is 15.8. The van der Waals surface area contributed by atoms with Gasteiger partial charge in [-0.2, -0.15) is 0 Å². The maximum absolute atomic E-state index is 12.1. The first-order valence-corrected chi connectivity index (χ1v) is 7.98. The molecule has 7 heteroatoms. The molecular weight excluding hydrogens is 296 g/mol. The van der Waals surface area contributed by atoms with Crippen LogP contribution in [0.4, 0.5) is 10.5 Å². The highest BCUT2D eigenvalue weighted by Gasteiger charge is 2.21. The van der Waals surface area contributed by atoms with E-state index >= 15 is 0 Å². The molecule has 1 aromatic carbocycles. The van der Waals surface area contributed by atoms with Crippen molar-refractivity contribution >= 4 is 17.6 Å². The van der Waals surface area contributed by atoms with Crippen molar-refractivity contribution < 1.29 is 14.3 Å². The maximum atomic E-state index is 12.1. The minimum Gasteiger partial charge on any atom is -0.379 e. The monoisotopic (exact) mass is 318 g/mol. The summed E-state index contributed by atoms with van der Waals surface area (Å²) in [5.74, 6) is -0.0873. The van der Waals surface area contributed by atoms with Crippen LogP contribution in [-0.4, -0.2) is 69.3 Å². The van der Waals surface area contributed by atoms with Gasteiger partial charge in [-0.3, -0.25) is 14.6 Å². The molecule has 2 N–H and O–H groups in total. The van der Waals surface area contributed by atoms with Gasteiger partial charge in [0.2, 0.25) is 0 Å². The number of nitrogens with zero attached hydrogens (tertiary/aromatic N) is 2. The first-order chi connectivity index (χ1) is 11.2. The number of hydrogen-bond donors (Lipinski definition) is 2. The molecule has 2 heterocycles. The Labute approximate surface area is 135 Å². The van der Waals surface area contributed by atoms with Crippen molar-refractivity contribution in [2.24, 2.45) is 0 Å². The zero-order valence-electron chi connectivity index (χ0n) is 13.1. The summed E-state index contributed by atoms with van der Waals surface area (Å²) in [5.41, 5.74) is 1.42. The Morgan fingerprint density at radius 1 is 1.17 bits per heavy atom. The molecule has 7 nitrogen and oxygen atoms in total. The van der Waals surface area contributed by atoms with E-state index in [9.17, 15) is 9.59 Å². The largest absolute Gasteiger partial charge is 0.379 e. The quantitative estimate of drug-likeness (QED) is 0.818. The molecule has 2 saturated heterocycles. The normalized spacial score (nSPS) is 18.8. The topological polar surface area (TPSA) is 73.9 Å². The fourth-order valence-corrected chi connectivity index (χ4v) is 2.77. The minimum absolute atomic E-state index is 0.0873. The molecule has 3 rings (SSSR count). The Balaban J connectivity index is 1.48. The van der Waals surface area contributed by atoms with E-state index in [0.29, 0.717) is 25.2 Å². The van der Waals surface area contributed by atoms with Crippen LogP contribution in [0, 0.1) is 0 Å². The van der Waals surface area contributed by atoms with Gasteiger partial charge < -0.3 is 15.4 Å². The van der Waals surface area contributed by atoms with Gasteiger partial charge in [0.05, 0.1) is 13.2 Å². The molecule has 1 aromatic rings. The summed E-state index contributed by atoms with van der Waals surface area (Å²) in [6, 6.07) is 7.03. The summed E-state index contributed by atoms with van der Waals surface area (Å²) in [7, 11) is 0. The van der Waals surface area contributed by atoms with E-state index in [-0.39, 0.29) is 11.9 Å². The molecule has 124 valence electrons. The third-order valence-corrected chi connectivity index (χ3v) is 4.12. The van der Waals surface area contributed by atoms with Gasteiger partial charge in [0.15, 0.2) is 0 Å². The summed E-state index contributed by atoms with van der Waals surface area (Å²) in [6.45, 7) is 6.13. The van der Waals surface area contributed by atoms with Gasteiger partial charge in [0.25, 0.3) is 5.91 Å². The lowest BCUT2D eigenvalue weighted by Crippen LogP contribution is -2.41. The Morgan fingerprint density at radius 3 is 2.57 bits per heavy atom. The summed E-state index contributed by atoms with van der Waals surface area (Å²) in [6.07, 6.45) is 0. The van der Waals surface area contributed by atoms with E-state index in [1.165, 1.54) is 0 Å². The summed E-state index contributed by atoms with van der Waals surface area (Å²) >= 11 is 0. The lowest BCUT2D eigenvalue weighted by molar-refractivity contribution is 0.0383. The number of amides is 3. The number of hydrogen-bond acceptors (Lipinski definition) is 4. The predicted octanol–water partition coefficient (Wildman–Crippen LogP) is 0.278. The van der Waals surface area contributed by atoms with E-state index < -0.39 is 0 Å². The van der Waals surface area contributed by atoms with E-state index in [0.717, 1.165) is 38.5 Å². The first-order valence-electron chi connectivity index (χ1n) is 7.98. The molecule has 0 bridgehead atoms. The molecule has 2 fully saturated rings. The molecule has 0 radical (unpaired) electrons. The van der Waals surface area contributed by atoms with Gasteiger partial charge in [-0.25, -0.2) is 4.79 Å². The van der Waals surface area contributed by atoms with E-state index in [4.69, 9.17) is 4.74 Å². The molecule has 2 aliphatic heterocycles. The van der Waals surface area contributed by atoms with Gasteiger partial charge in [-0.1, -0.05) is 0 Å². The highest BCUT2D eigenvalue weighted by Crippen LogP contribution is 2.17. The molecule has 0 atom stereocenters. The SMILES string of the molecule is O=C(NCCN1CCOCC1)c1ccc(N2CCNC2=O)cc1. The van der Waals surface area contributed by atoms with Crippen molar-refractivity contribution in [3.63, 3.8) is 0 Å². The highest BCUT2D eigenvalue weighted by molar-refractivity contribution is 5.96. The lowest BCUT2D eigenvalue weighted by atomic mass is 10.2. The Kier molecular flexibility index (Phi) is 5.09. The van der Waals surface area contributed by atoms with Crippen LogP contribution < -0.4 is 15.5 Å². The van der Waals surface area contributed by atoms with Crippen LogP contribution in [0.15, 0.2) is 24.3 Å². The number of ether oxygens (including phenoxy) is 1. The molecule has 2 aliphatic rings. The van der Waals surface area contributed by atoms with Gasteiger partial charge in [0, 0.05) is 50.5 Å². The number of nitrogens with one attached hydrogen (secondary N) is 2. The zero-order chi connectivity index (χ0) is 16.1. The second-order valence-electron chi connectivity index (χ2n) is 5.64. The fraction of sp³-hybridized carbons (Fsp3) is 0.500. The molecule has 0 aliphatic carbocycles. The molecule has 0 unspecified atom stereocenters. The number of urea groups is 1. The van der Waals surface area contributed by atoms with Crippen LogP contribution in [0.2, 0.25) is 0 Å². The molecule has 3 amide bonds. The van der Waals surface area contributed by atoms with Crippen molar-refractivity contribution in [1.82, 2.24) is 15.5 Å². The number of carbonyl (C=O) groups is 2. The molecule has 0 aromatic heterocycles. The average molecular weight is 318 g/mol. The maximum Gasteiger partial charge on any atom is 0.321 e. The highest BCUT2D eigenvalue weighted by atomic mass is 16.5. The van der Waals surface area contributed by atoms with Gasteiger partial charge >= 0.3 is 6.03 Å². The van der Waals surface area contributed by atoms with Gasteiger partial charge in [-0.05, 0) is 24.3 Å². The number of rotatable bonds is 5. The third kappa shape index (κ3) is 4.00. The van der Waals surface area contributed by atoms with Crippen molar-refractivity contribution in [2.75, 3.05) is 57.4 Å². The summed E-state index contributed by atoms with van der Waals surface area (Å²) in [5, 5.41) is 5.69. The van der Waals surface area contributed by atoms with Crippen LogP contribution >= 0.6 is 0 Å². The molecule has 23 heavy (non-hydrogen) atoms. The van der Waals surface area contributed by atoms with Crippen molar-refractivity contribution in [3.8, 4) is 0 Å². The van der Waals surface area contributed by atoms with Crippen molar-refractivity contribution in [3.05, 3.63) is 29.8 Å². The second kappa shape index (κ2) is 7.43. The minimum atomic E-state index is -0.0901. The average Bonchev–Trinajstić information content (AvgIpc) is 3.02. The van der Waals surface area contributed by atoms with Crippen molar-refractivity contribution in [2.45, 2.75) is 0 Å². The lowest BCUT2D eigenvalue weighted by Gasteiger charge is -2.26. The van der Waals surface area contributed by atoms with Crippen molar-refractivity contribution in [1.29, 1.82) is 0 Å². The predicted molar refractivity (Wildman–Crippen MR) is 86.8 cm³/mol. The molecular formula is C16H22N4O3. The zero-order valence-corrected chi connectivity index (χ0v) is 13.1. The Bertz CT molecular complexity index is 555. The van der Waals surface area contributed by atoms with E-state index in [1.807, 2.05) is 12.1 Å². The second-order valence-corrected chi connectivity index (χ2v) is 5.64. The number of benzene rings is 1. The molecule has 0 spiro atoms. The Morgan fingerprint density at radius 2 is 1.91 bits per heavy atom. The van der Waals surface area contributed by atoms with Crippen LogP contribution in [-0.2, 0) is 4.74 Å². The summed E-state index contributed by atoms with van der Waals surface area (Å²) < 4.78 is 5.30. The third-order valence-electron chi connectivity index (χ3n) is 4.12. The number of anilines is 1. The van der Waals surface area contributed by atoms with Crippen LogP contribution in [0.1, 0.15) is 10.4 Å². The van der Waals surface area contributed by atoms with Gasteiger partial charge in [0.1, 0.15) is 0 Å². The van der Waals surface area contributed by atoms with Crippen LogP contribution in [0.5, 0.6) is 0 Å². The van der Waals surface area contributed by atoms with Crippen LogP contribution in [0.3, 0.4) is 0 Å². The van der Waals surface area contributed by atoms with E-state index in [2.05, 4.69) is 15.5 Å².